The number of carbonyl (C=O) groups excluding carboxylic acids is 2. The summed E-state index contributed by atoms with van der Waals surface area (Å²) in [5, 5.41) is 3.18. The number of hydrogen-bond acceptors (Lipinski definition) is 4. The lowest BCUT2D eigenvalue weighted by atomic mass is 9.94. The number of carbonyl (C=O) groups is 2. The first kappa shape index (κ1) is 34.8. The Labute approximate surface area is 283 Å². The Bertz CT molecular complexity index is 1790. The van der Waals surface area contributed by atoms with Crippen molar-refractivity contribution in [2.24, 2.45) is 0 Å². The minimum absolute atomic E-state index is 0.0234. The zero-order valence-corrected chi connectivity index (χ0v) is 28.5. The first-order chi connectivity index (χ1) is 23.2. The monoisotopic (exact) mass is 669 g/mol. The van der Waals surface area contributed by atoms with Crippen molar-refractivity contribution in [2.45, 2.75) is 82.3 Å². The second-order valence-electron chi connectivity index (χ2n) is 12.5. The highest BCUT2D eigenvalue weighted by Gasteiger charge is 2.36. The van der Waals surface area contributed by atoms with Crippen LogP contribution in [-0.4, -0.2) is 43.8 Å². The Balaban J connectivity index is 1.59. The molecule has 0 spiro atoms. The Hall–Kier alpha value is -4.50. The molecule has 5 rings (SSSR count). The van der Waals surface area contributed by atoms with Gasteiger partial charge in [0, 0.05) is 24.6 Å². The number of anilines is 1. The summed E-state index contributed by atoms with van der Waals surface area (Å²) in [7, 11) is -4.23. The van der Waals surface area contributed by atoms with Gasteiger partial charge in [-0.1, -0.05) is 111 Å². The van der Waals surface area contributed by atoms with Gasteiger partial charge in [0.1, 0.15) is 18.4 Å². The van der Waals surface area contributed by atoms with Crippen molar-refractivity contribution in [3.63, 3.8) is 0 Å². The predicted molar refractivity (Wildman–Crippen MR) is 187 cm³/mol. The molecule has 2 amide bonds. The maximum absolute atomic E-state index is 15.2. The van der Waals surface area contributed by atoms with Crippen molar-refractivity contribution >= 4 is 27.5 Å². The third-order valence-electron chi connectivity index (χ3n) is 9.05. The van der Waals surface area contributed by atoms with Gasteiger partial charge in [-0.3, -0.25) is 13.9 Å². The van der Waals surface area contributed by atoms with Gasteiger partial charge in [0.05, 0.1) is 10.6 Å². The van der Waals surface area contributed by atoms with Crippen molar-refractivity contribution in [1.82, 2.24) is 10.2 Å². The molecule has 48 heavy (non-hydrogen) atoms. The molecule has 1 atom stereocenters. The van der Waals surface area contributed by atoms with Gasteiger partial charge in [-0.15, -0.1) is 0 Å². The van der Waals surface area contributed by atoms with Crippen LogP contribution in [0.1, 0.15) is 61.3 Å². The number of benzene rings is 4. The number of nitrogens with zero attached hydrogens (tertiary/aromatic N) is 2. The summed E-state index contributed by atoms with van der Waals surface area (Å²) in [5.41, 5.74) is 3.09. The van der Waals surface area contributed by atoms with Crippen LogP contribution in [0.15, 0.2) is 108 Å². The molecule has 0 aromatic heterocycles. The van der Waals surface area contributed by atoms with Gasteiger partial charge in [0.15, 0.2) is 0 Å². The maximum atomic E-state index is 15.2. The van der Waals surface area contributed by atoms with Crippen LogP contribution in [0.4, 0.5) is 10.1 Å². The van der Waals surface area contributed by atoms with Crippen LogP contribution in [0.25, 0.3) is 0 Å². The summed E-state index contributed by atoms with van der Waals surface area (Å²) >= 11 is 0. The van der Waals surface area contributed by atoms with Crippen LogP contribution >= 0.6 is 0 Å². The molecule has 4 aromatic carbocycles. The summed E-state index contributed by atoms with van der Waals surface area (Å²) < 4.78 is 45.0. The van der Waals surface area contributed by atoms with Crippen molar-refractivity contribution in [2.75, 3.05) is 10.8 Å². The van der Waals surface area contributed by atoms with Gasteiger partial charge in [-0.25, -0.2) is 12.8 Å². The maximum Gasteiger partial charge on any atom is 0.264 e. The fourth-order valence-corrected chi connectivity index (χ4v) is 7.76. The Morgan fingerprint density at radius 3 is 2.12 bits per heavy atom. The average molecular weight is 670 g/mol. The number of aryl methyl sites for hydroxylation is 2. The number of sulfonamides is 1. The standard InChI is InChI=1S/C39H44FN3O4S/c1-3-31-16-11-13-21-36(31)43(48(46,47)34-24-22-29(2)23-25-34)28-38(44)42(27-32-17-10-12-20-35(32)40)37(26-30-14-6-4-7-15-30)39(45)41-33-18-8-5-9-19-33/h4,6-7,10-17,20-25,33,37H,3,5,8-9,18-19,26-28H2,1-2H3,(H,41,45)/t37-/m1/s1. The van der Waals surface area contributed by atoms with Crippen molar-refractivity contribution in [1.29, 1.82) is 0 Å². The van der Waals surface area contributed by atoms with E-state index in [1.165, 1.54) is 23.1 Å². The number of hydrogen-bond donors (Lipinski definition) is 1. The van der Waals surface area contributed by atoms with Crippen molar-refractivity contribution in [3.8, 4) is 0 Å². The van der Waals surface area contributed by atoms with E-state index in [9.17, 15) is 18.0 Å². The smallest absolute Gasteiger partial charge is 0.264 e. The molecule has 9 heteroatoms. The summed E-state index contributed by atoms with van der Waals surface area (Å²) in [6, 6.07) is 28.1. The molecule has 0 heterocycles. The lowest BCUT2D eigenvalue weighted by Crippen LogP contribution is -2.55. The molecule has 7 nitrogen and oxygen atoms in total. The van der Waals surface area contributed by atoms with Crippen molar-refractivity contribution < 1.29 is 22.4 Å². The molecule has 0 radical (unpaired) electrons. The van der Waals surface area contributed by atoms with Crippen LogP contribution in [0.5, 0.6) is 0 Å². The van der Waals surface area contributed by atoms with E-state index < -0.39 is 34.3 Å². The first-order valence-electron chi connectivity index (χ1n) is 16.7. The van der Waals surface area contributed by atoms with E-state index in [1.54, 1.807) is 42.5 Å². The highest BCUT2D eigenvalue weighted by molar-refractivity contribution is 7.92. The average Bonchev–Trinajstić information content (AvgIpc) is 3.10. The Kier molecular flexibility index (Phi) is 11.7. The number of para-hydroxylation sites is 1. The molecular weight excluding hydrogens is 626 g/mol. The minimum Gasteiger partial charge on any atom is -0.352 e. The Morgan fingerprint density at radius 1 is 0.833 bits per heavy atom. The normalized spacial score (nSPS) is 14.2. The summed E-state index contributed by atoms with van der Waals surface area (Å²) in [6.45, 7) is 3.00. The molecule has 1 fully saturated rings. The SMILES string of the molecule is CCc1ccccc1N(CC(=O)N(Cc1ccccc1F)[C@H](Cc1ccccc1)C(=O)NC1CCCCC1)S(=O)(=O)c1ccc(C)cc1. The fraction of sp³-hybridized carbons (Fsp3) is 0.333. The number of halogens is 1. The molecule has 0 aliphatic heterocycles. The lowest BCUT2D eigenvalue weighted by Gasteiger charge is -2.35. The van der Waals surface area contributed by atoms with E-state index in [0.717, 1.165) is 53.1 Å². The van der Waals surface area contributed by atoms with Crippen LogP contribution in [0.3, 0.4) is 0 Å². The summed E-state index contributed by atoms with van der Waals surface area (Å²) in [4.78, 5) is 30.3. The molecule has 1 N–H and O–H groups in total. The molecule has 252 valence electrons. The third-order valence-corrected chi connectivity index (χ3v) is 10.8. The van der Waals surface area contributed by atoms with Crippen LogP contribution in [-0.2, 0) is 39.0 Å². The lowest BCUT2D eigenvalue weighted by molar-refractivity contribution is -0.140. The molecule has 1 aliphatic rings. The minimum atomic E-state index is -4.23. The number of nitrogens with one attached hydrogen (secondary N) is 1. The predicted octanol–water partition coefficient (Wildman–Crippen LogP) is 6.98. The molecule has 0 bridgehead atoms. The van der Waals surface area contributed by atoms with E-state index in [1.807, 2.05) is 56.3 Å². The zero-order chi connectivity index (χ0) is 34.1. The van der Waals surface area contributed by atoms with Gasteiger partial charge in [0.25, 0.3) is 10.0 Å². The topological polar surface area (TPSA) is 86.8 Å². The number of rotatable bonds is 13. The van der Waals surface area contributed by atoms with Gasteiger partial charge in [-0.2, -0.15) is 0 Å². The quantitative estimate of drug-likeness (QED) is 0.167. The molecule has 0 saturated heterocycles. The fourth-order valence-electron chi connectivity index (χ4n) is 6.31. The largest absolute Gasteiger partial charge is 0.352 e. The van der Waals surface area contributed by atoms with Crippen LogP contribution < -0.4 is 9.62 Å². The van der Waals surface area contributed by atoms with Crippen LogP contribution in [0.2, 0.25) is 0 Å². The zero-order valence-electron chi connectivity index (χ0n) is 27.6. The highest BCUT2D eigenvalue weighted by atomic mass is 32.2. The van der Waals surface area contributed by atoms with Gasteiger partial charge >= 0.3 is 0 Å². The molecular formula is C39H44FN3O4S. The van der Waals surface area contributed by atoms with Crippen LogP contribution in [0, 0.1) is 12.7 Å². The molecule has 1 saturated carbocycles. The molecule has 4 aromatic rings. The van der Waals surface area contributed by atoms with E-state index in [4.69, 9.17) is 0 Å². The van der Waals surface area contributed by atoms with Gasteiger partial charge in [0.2, 0.25) is 11.8 Å². The molecule has 0 unspecified atom stereocenters. The van der Waals surface area contributed by atoms with Crippen molar-refractivity contribution in [3.05, 3.63) is 131 Å². The highest BCUT2D eigenvalue weighted by Crippen LogP contribution is 2.29. The van der Waals surface area contributed by atoms with E-state index in [2.05, 4.69) is 5.32 Å². The van der Waals surface area contributed by atoms with Gasteiger partial charge < -0.3 is 10.2 Å². The second kappa shape index (κ2) is 16.1. The van der Waals surface area contributed by atoms with E-state index in [-0.39, 0.29) is 35.4 Å². The Morgan fingerprint density at radius 2 is 1.46 bits per heavy atom. The first-order valence-corrected chi connectivity index (χ1v) is 18.2. The number of amides is 2. The summed E-state index contributed by atoms with van der Waals surface area (Å²) in [6.07, 6.45) is 5.54. The van der Waals surface area contributed by atoms with E-state index >= 15 is 4.39 Å². The summed E-state index contributed by atoms with van der Waals surface area (Å²) in [5.74, 6) is -1.46. The van der Waals surface area contributed by atoms with E-state index in [0.29, 0.717) is 12.1 Å². The van der Waals surface area contributed by atoms with Gasteiger partial charge in [-0.05, 0) is 61.6 Å². The molecule has 1 aliphatic carbocycles. The third kappa shape index (κ3) is 8.50. The second-order valence-corrected chi connectivity index (χ2v) is 14.3.